The van der Waals surface area contributed by atoms with Gasteiger partial charge < -0.3 is 10.2 Å². The van der Waals surface area contributed by atoms with E-state index in [-0.39, 0.29) is 11.9 Å². The number of rotatable bonds is 4. The summed E-state index contributed by atoms with van der Waals surface area (Å²) in [7, 11) is 1.90. The number of anilines is 1. The average molecular weight is 250 g/mol. The van der Waals surface area contributed by atoms with Gasteiger partial charge in [-0.25, -0.2) is 0 Å². The highest BCUT2D eigenvalue weighted by Gasteiger charge is 2.30. The molecule has 0 radical (unpaired) electrons. The van der Waals surface area contributed by atoms with Gasteiger partial charge in [0.15, 0.2) is 0 Å². The van der Waals surface area contributed by atoms with E-state index < -0.39 is 0 Å². The number of piperidine rings is 1. The molecule has 1 unspecified atom stereocenters. The topological polar surface area (TPSA) is 50.2 Å². The molecular weight excluding hydrogens is 228 g/mol. The monoisotopic (exact) mass is 250 g/mol. The first kappa shape index (κ1) is 13.1. The number of likely N-dealkylation sites (N-methyl/N-ethyl adjacent to an activating group) is 1. The lowest BCUT2D eigenvalue weighted by Crippen LogP contribution is -2.51. The molecule has 0 saturated carbocycles. The van der Waals surface area contributed by atoms with Gasteiger partial charge in [-0.05, 0) is 25.8 Å². The van der Waals surface area contributed by atoms with Crippen LogP contribution in [0, 0.1) is 0 Å². The standard InChI is InChI=1S/C13H22N4O/c1-4-10-12(9-16(3)15-10)17-8-6-7-11(13(17)18)14-5-2/h9,11,14H,4-8H2,1-3H3. The molecule has 5 heteroatoms. The first-order chi connectivity index (χ1) is 8.67. The van der Waals surface area contributed by atoms with E-state index in [1.807, 2.05) is 25.1 Å². The summed E-state index contributed by atoms with van der Waals surface area (Å²) >= 11 is 0. The summed E-state index contributed by atoms with van der Waals surface area (Å²) in [6.45, 7) is 5.74. The molecule has 18 heavy (non-hydrogen) atoms. The third-order valence-corrected chi connectivity index (χ3v) is 3.40. The smallest absolute Gasteiger partial charge is 0.244 e. The van der Waals surface area contributed by atoms with Crippen molar-refractivity contribution >= 4 is 11.6 Å². The zero-order valence-electron chi connectivity index (χ0n) is 11.4. The Hall–Kier alpha value is -1.36. The van der Waals surface area contributed by atoms with E-state index in [4.69, 9.17) is 0 Å². The highest BCUT2D eigenvalue weighted by atomic mass is 16.2. The zero-order valence-corrected chi connectivity index (χ0v) is 11.4. The minimum absolute atomic E-state index is 0.0336. The summed E-state index contributed by atoms with van der Waals surface area (Å²) in [6, 6.07) is -0.0336. The van der Waals surface area contributed by atoms with E-state index in [1.165, 1.54) is 0 Å². The maximum Gasteiger partial charge on any atom is 0.244 e. The molecule has 1 atom stereocenters. The number of aryl methyl sites for hydroxylation is 2. The predicted octanol–water partition coefficient (Wildman–Crippen LogP) is 1.09. The van der Waals surface area contributed by atoms with Gasteiger partial charge in [0.05, 0.1) is 17.4 Å². The number of nitrogens with zero attached hydrogens (tertiary/aromatic N) is 3. The minimum Gasteiger partial charge on any atom is -0.308 e. The number of carbonyl (C=O) groups excluding carboxylic acids is 1. The SMILES string of the molecule is CCNC1CCCN(c2cn(C)nc2CC)C1=O. The molecule has 0 aromatic carbocycles. The highest BCUT2D eigenvalue weighted by molar-refractivity contribution is 5.98. The summed E-state index contributed by atoms with van der Waals surface area (Å²) in [5, 5.41) is 7.67. The van der Waals surface area contributed by atoms with Crippen LogP contribution >= 0.6 is 0 Å². The lowest BCUT2D eigenvalue weighted by Gasteiger charge is -2.32. The van der Waals surface area contributed by atoms with E-state index in [2.05, 4.69) is 17.3 Å². The second kappa shape index (κ2) is 5.52. The lowest BCUT2D eigenvalue weighted by atomic mass is 10.0. The molecule has 1 amide bonds. The summed E-state index contributed by atoms with van der Waals surface area (Å²) in [4.78, 5) is 14.3. The van der Waals surface area contributed by atoms with Crippen molar-refractivity contribution in [2.45, 2.75) is 39.2 Å². The Morgan fingerprint density at radius 2 is 2.28 bits per heavy atom. The highest BCUT2D eigenvalue weighted by Crippen LogP contribution is 2.24. The maximum absolute atomic E-state index is 12.4. The first-order valence-corrected chi connectivity index (χ1v) is 6.74. The van der Waals surface area contributed by atoms with Crippen molar-refractivity contribution in [1.82, 2.24) is 15.1 Å². The minimum atomic E-state index is -0.0336. The quantitative estimate of drug-likeness (QED) is 0.870. The van der Waals surface area contributed by atoms with Crippen LogP contribution in [0.1, 0.15) is 32.4 Å². The molecule has 1 N–H and O–H groups in total. The fourth-order valence-electron chi connectivity index (χ4n) is 2.55. The van der Waals surface area contributed by atoms with Crippen LogP contribution in [0.4, 0.5) is 5.69 Å². The number of amides is 1. The van der Waals surface area contributed by atoms with E-state index >= 15 is 0 Å². The molecule has 0 bridgehead atoms. The van der Waals surface area contributed by atoms with Gasteiger partial charge in [-0.2, -0.15) is 5.10 Å². The molecule has 1 aromatic heterocycles. The second-order valence-electron chi connectivity index (χ2n) is 4.73. The van der Waals surface area contributed by atoms with Crippen molar-refractivity contribution in [2.75, 3.05) is 18.0 Å². The zero-order chi connectivity index (χ0) is 13.1. The van der Waals surface area contributed by atoms with Gasteiger partial charge in [0.25, 0.3) is 0 Å². The number of aromatic nitrogens is 2. The van der Waals surface area contributed by atoms with Gasteiger partial charge in [-0.3, -0.25) is 9.48 Å². The van der Waals surface area contributed by atoms with E-state index in [0.717, 1.165) is 43.7 Å². The average Bonchev–Trinajstić information content (AvgIpc) is 2.73. The van der Waals surface area contributed by atoms with Gasteiger partial charge in [-0.15, -0.1) is 0 Å². The van der Waals surface area contributed by atoms with Crippen LogP contribution in [0.25, 0.3) is 0 Å². The molecule has 1 saturated heterocycles. The Labute approximate surface area is 108 Å². The van der Waals surface area contributed by atoms with Crippen molar-refractivity contribution in [3.8, 4) is 0 Å². The van der Waals surface area contributed by atoms with E-state index in [0.29, 0.717) is 0 Å². The Balaban J connectivity index is 2.23. The van der Waals surface area contributed by atoms with Crippen LogP contribution < -0.4 is 10.2 Å². The van der Waals surface area contributed by atoms with Crippen LogP contribution in [0.2, 0.25) is 0 Å². The second-order valence-corrected chi connectivity index (χ2v) is 4.73. The molecule has 5 nitrogen and oxygen atoms in total. The van der Waals surface area contributed by atoms with Gasteiger partial charge in [0.1, 0.15) is 0 Å². The van der Waals surface area contributed by atoms with Crippen LogP contribution in [-0.4, -0.2) is 34.8 Å². The summed E-state index contributed by atoms with van der Waals surface area (Å²) in [5.41, 5.74) is 1.98. The van der Waals surface area contributed by atoms with Gasteiger partial charge in [0.2, 0.25) is 5.91 Å². The van der Waals surface area contributed by atoms with Crippen LogP contribution in [-0.2, 0) is 18.3 Å². The fraction of sp³-hybridized carbons (Fsp3) is 0.692. The Morgan fingerprint density at radius 1 is 1.50 bits per heavy atom. The Bertz CT molecular complexity index is 425. The number of nitrogens with one attached hydrogen (secondary N) is 1. The molecule has 100 valence electrons. The number of hydrogen-bond acceptors (Lipinski definition) is 3. The molecule has 1 fully saturated rings. The van der Waals surface area contributed by atoms with Crippen molar-refractivity contribution < 1.29 is 4.79 Å². The Morgan fingerprint density at radius 3 is 2.94 bits per heavy atom. The van der Waals surface area contributed by atoms with Crippen molar-refractivity contribution in [2.24, 2.45) is 7.05 Å². The van der Waals surface area contributed by atoms with Crippen molar-refractivity contribution in [3.63, 3.8) is 0 Å². The largest absolute Gasteiger partial charge is 0.308 e. The van der Waals surface area contributed by atoms with Gasteiger partial charge >= 0.3 is 0 Å². The number of hydrogen-bond donors (Lipinski definition) is 1. The van der Waals surface area contributed by atoms with E-state index in [9.17, 15) is 4.79 Å². The predicted molar refractivity (Wildman–Crippen MR) is 71.6 cm³/mol. The van der Waals surface area contributed by atoms with Gasteiger partial charge in [-0.1, -0.05) is 13.8 Å². The first-order valence-electron chi connectivity index (χ1n) is 6.74. The molecule has 2 heterocycles. The van der Waals surface area contributed by atoms with E-state index in [1.54, 1.807) is 4.68 Å². The molecular formula is C13H22N4O. The summed E-state index contributed by atoms with van der Waals surface area (Å²) in [6.07, 6.45) is 4.78. The van der Waals surface area contributed by atoms with Crippen LogP contribution in [0.3, 0.4) is 0 Å². The normalized spacial score (nSPS) is 20.5. The molecule has 0 spiro atoms. The van der Waals surface area contributed by atoms with Gasteiger partial charge in [0, 0.05) is 19.8 Å². The number of carbonyl (C=O) groups is 1. The Kier molecular flexibility index (Phi) is 4.01. The molecule has 1 aliphatic heterocycles. The maximum atomic E-state index is 12.4. The summed E-state index contributed by atoms with van der Waals surface area (Å²) < 4.78 is 1.79. The third-order valence-electron chi connectivity index (χ3n) is 3.40. The van der Waals surface area contributed by atoms with Crippen molar-refractivity contribution in [3.05, 3.63) is 11.9 Å². The molecule has 0 aliphatic carbocycles. The third kappa shape index (κ3) is 2.41. The fourth-order valence-corrected chi connectivity index (χ4v) is 2.55. The van der Waals surface area contributed by atoms with Crippen molar-refractivity contribution in [1.29, 1.82) is 0 Å². The van der Waals surface area contributed by atoms with Crippen LogP contribution in [0.5, 0.6) is 0 Å². The molecule has 1 aromatic rings. The molecule has 1 aliphatic rings. The summed E-state index contributed by atoms with van der Waals surface area (Å²) in [5.74, 6) is 0.186. The van der Waals surface area contributed by atoms with Crippen LogP contribution in [0.15, 0.2) is 6.20 Å². The molecule has 2 rings (SSSR count). The lowest BCUT2D eigenvalue weighted by molar-refractivity contribution is -0.121.